The zero-order valence-corrected chi connectivity index (χ0v) is 12.9. The van der Waals surface area contributed by atoms with E-state index >= 15 is 0 Å². The van der Waals surface area contributed by atoms with Crippen molar-refractivity contribution >= 4 is 11.8 Å². The maximum atomic E-state index is 13.8. The Kier molecular flexibility index (Phi) is 4.43. The van der Waals surface area contributed by atoms with Crippen LogP contribution < -0.4 is 5.73 Å². The molecule has 1 saturated heterocycles. The highest BCUT2D eigenvalue weighted by molar-refractivity contribution is 5.95. The number of aromatic nitrogens is 3. The van der Waals surface area contributed by atoms with Gasteiger partial charge in [-0.2, -0.15) is 0 Å². The van der Waals surface area contributed by atoms with Crippen molar-refractivity contribution < 1.29 is 22.8 Å². The van der Waals surface area contributed by atoms with Crippen LogP contribution in [0.2, 0.25) is 0 Å². The van der Waals surface area contributed by atoms with E-state index in [0.29, 0.717) is 6.07 Å². The minimum absolute atomic E-state index is 0.0281. The van der Waals surface area contributed by atoms with E-state index in [1.54, 1.807) is 0 Å². The summed E-state index contributed by atoms with van der Waals surface area (Å²) in [6, 6.07) is 1.97. The molecule has 25 heavy (non-hydrogen) atoms. The average Bonchev–Trinajstić information content (AvgIpc) is 3.14. The van der Waals surface area contributed by atoms with Crippen LogP contribution in [0.3, 0.4) is 0 Å². The normalized spacial score (nSPS) is 20.0. The Hall–Kier alpha value is -2.91. The molecular formula is C15H14F3N5O2. The molecular weight excluding hydrogens is 339 g/mol. The molecule has 1 fully saturated rings. The third kappa shape index (κ3) is 3.47. The number of alkyl halides is 1. The Labute approximate surface area is 140 Å². The zero-order chi connectivity index (χ0) is 18.1. The van der Waals surface area contributed by atoms with Crippen molar-refractivity contribution in [3.05, 3.63) is 47.3 Å². The first-order valence-electron chi connectivity index (χ1n) is 7.45. The molecule has 2 heterocycles. The van der Waals surface area contributed by atoms with Gasteiger partial charge in [0.2, 0.25) is 0 Å². The molecule has 2 N–H and O–H groups in total. The first-order valence-corrected chi connectivity index (χ1v) is 7.45. The van der Waals surface area contributed by atoms with Crippen LogP contribution in [0.4, 0.5) is 13.2 Å². The van der Waals surface area contributed by atoms with Crippen LogP contribution in [0.25, 0.3) is 0 Å². The van der Waals surface area contributed by atoms with Crippen LogP contribution in [0, 0.1) is 11.6 Å². The lowest BCUT2D eigenvalue weighted by Gasteiger charge is -2.24. The number of halogens is 3. The summed E-state index contributed by atoms with van der Waals surface area (Å²) in [5.41, 5.74) is 4.69. The molecule has 0 aliphatic carbocycles. The fourth-order valence-electron chi connectivity index (χ4n) is 2.82. The van der Waals surface area contributed by atoms with Crippen molar-refractivity contribution in [1.29, 1.82) is 0 Å². The molecule has 1 aromatic carbocycles. The molecule has 10 heteroatoms. The molecule has 1 aliphatic heterocycles. The number of rotatable bonds is 4. The van der Waals surface area contributed by atoms with Crippen LogP contribution >= 0.6 is 0 Å². The Morgan fingerprint density at radius 3 is 2.72 bits per heavy atom. The molecule has 0 bridgehead atoms. The lowest BCUT2D eigenvalue weighted by molar-refractivity contribution is 0.0709. The number of hydrogen-bond acceptors (Lipinski definition) is 4. The maximum Gasteiger partial charge on any atom is 0.270 e. The Morgan fingerprint density at radius 2 is 2.08 bits per heavy atom. The number of nitrogens with two attached hydrogens (primary N) is 1. The molecule has 2 amide bonds. The number of hydrogen-bond donors (Lipinski definition) is 1. The summed E-state index contributed by atoms with van der Waals surface area (Å²) in [7, 11) is 0. The monoisotopic (exact) mass is 353 g/mol. The van der Waals surface area contributed by atoms with Gasteiger partial charge in [0.05, 0.1) is 30.9 Å². The summed E-state index contributed by atoms with van der Waals surface area (Å²) < 4.78 is 41.9. The fourth-order valence-corrected chi connectivity index (χ4v) is 2.82. The number of primary amides is 1. The standard InChI is InChI=1S/C15H14F3N5O2/c16-8-1-2-11(12(18)4-8)15(25)23-5-9(17)3-10(23)6-22-7-13(14(19)24)20-21-22/h1-2,4,7,9-10H,3,5-6H2,(H2,19,24)/t9-,10-/m0/s1. The highest BCUT2D eigenvalue weighted by atomic mass is 19.1. The number of nitrogens with zero attached hydrogens (tertiary/aromatic N) is 4. The second-order valence-corrected chi connectivity index (χ2v) is 5.76. The van der Waals surface area contributed by atoms with Gasteiger partial charge < -0.3 is 10.6 Å². The fraction of sp³-hybridized carbons (Fsp3) is 0.333. The topological polar surface area (TPSA) is 94.1 Å². The summed E-state index contributed by atoms with van der Waals surface area (Å²) in [6.45, 7) is -0.146. The van der Waals surface area contributed by atoms with E-state index < -0.39 is 35.7 Å². The third-order valence-electron chi connectivity index (χ3n) is 3.97. The smallest absolute Gasteiger partial charge is 0.270 e. The van der Waals surface area contributed by atoms with E-state index in [-0.39, 0.29) is 30.8 Å². The molecule has 7 nitrogen and oxygen atoms in total. The van der Waals surface area contributed by atoms with Crippen molar-refractivity contribution in [3.63, 3.8) is 0 Å². The minimum Gasteiger partial charge on any atom is -0.364 e. The predicted molar refractivity (Wildman–Crippen MR) is 79.2 cm³/mol. The van der Waals surface area contributed by atoms with Gasteiger partial charge in [-0.1, -0.05) is 5.21 Å². The molecule has 132 valence electrons. The van der Waals surface area contributed by atoms with Gasteiger partial charge in [0.15, 0.2) is 5.69 Å². The molecule has 0 radical (unpaired) electrons. The van der Waals surface area contributed by atoms with E-state index in [1.165, 1.54) is 15.8 Å². The Morgan fingerprint density at radius 1 is 1.32 bits per heavy atom. The van der Waals surface area contributed by atoms with E-state index in [1.807, 2.05) is 0 Å². The molecule has 1 aliphatic rings. The summed E-state index contributed by atoms with van der Waals surface area (Å²) in [5, 5.41) is 7.27. The van der Waals surface area contributed by atoms with Gasteiger partial charge in [-0.25, -0.2) is 17.9 Å². The van der Waals surface area contributed by atoms with Gasteiger partial charge in [0.25, 0.3) is 11.8 Å². The van der Waals surface area contributed by atoms with Crippen LogP contribution in [0.15, 0.2) is 24.4 Å². The summed E-state index contributed by atoms with van der Waals surface area (Å²) in [6.07, 6.45) is 0.0339. The van der Waals surface area contributed by atoms with Crippen molar-refractivity contribution in [1.82, 2.24) is 19.9 Å². The number of amides is 2. The van der Waals surface area contributed by atoms with Crippen molar-refractivity contribution in [2.75, 3.05) is 6.54 Å². The molecule has 2 atom stereocenters. The molecule has 1 aromatic heterocycles. The average molecular weight is 353 g/mol. The van der Waals surface area contributed by atoms with E-state index in [9.17, 15) is 22.8 Å². The minimum atomic E-state index is -1.28. The number of benzene rings is 1. The second kappa shape index (κ2) is 6.54. The Balaban J connectivity index is 1.81. The Bertz CT molecular complexity index is 825. The third-order valence-corrected chi connectivity index (χ3v) is 3.97. The van der Waals surface area contributed by atoms with E-state index in [2.05, 4.69) is 10.3 Å². The highest BCUT2D eigenvalue weighted by Gasteiger charge is 2.37. The number of carbonyl (C=O) groups excluding carboxylic acids is 2. The van der Waals surface area contributed by atoms with Gasteiger partial charge in [-0.05, 0) is 12.1 Å². The lowest BCUT2D eigenvalue weighted by Crippen LogP contribution is -2.38. The summed E-state index contributed by atoms with van der Waals surface area (Å²) >= 11 is 0. The van der Waals surface area contributed by atoms with Gasteiger partial charge >= 0.3 is 0 Å². The second-order valence-electron chi connectivity index (χ2n) is 5.76. The maximum absolute atomic E-state index is 13.8. The van der Waals surface area contributed by atoms with Crippen molar-refractivity contribution in [2.45, 2.75) is 25.2 Å². The highest BCUT2D eigenvalue weighted by Crippen LogP contribution is 2.25. The van der Waals surface area contributed by atoms with Gasteiger partial charge in [0.1, 0.15) is 17.8 Å². The number of likely N-dealkylation sites (tertiary alicyclic amines) is 1. The molecule has 2 aromatic rings. The van der Waals surface area contributed by atoms with Gasteiger partial charge in [0, 0.05) is 12.5 Å². The van der Waals surface area contributed by atoms with Crippen LogP contribution in [0.5, 0.6) is 0 Å². The van der Waals surface area contributed by atoms with Gasteiger partial charge in [-0.3, -0.25) is 9.59 Å². The van der Waals surface area contributed by atoms with Gasteiger partial charge in [-0.15, -0.1) is 5.10 Å². The SMILES string of the molecule is NC(=O)c1cn(C[C@@H]2C[C@H](F)CN2C(=O)c2ccc(F)cc2F)nn1. The van der Waals surface area contributed by atoms with Crippen LogP contribution in [-0.2, 0) is 6.54 Å². The van der Waals surface area contributed by atoms with Crippen molar-refractivity contribution in [3.8, 4) is 0 Å². The predicted octanol–water partition coefficient (Wildman–Crippen LogP) is 0.908. The molecule has 3 rings (SSSR count). The molecule has 0 spiro atoms. The van der Waals surface area contributed by atoms with E-state index in [4.69, 9.17) is 5.73 Å². The van der Waals surface area contributed by atoms with Crippen LogP contribution in [-0.4, -0.2) is 50.5 Å². The van der Waals surface area contributed by atoms with Crippen molar-refractivity contribution in [2.24, 2.45) is 5.73 Å². The first-order chi connectivity index (χ1) is 11.8. The summed E-state index contributed by atoms with van der Waals surface area (Å²) in [5.74, 6) is -3.32. The number of carbonyl (C=O) groups is 2. The molecule has 0 unspecified atom stereocenters. The zero-order valence-electron chi connectivity index (χ0n) is 12.9. The largest absolute Gasteiger partial charge is 0.364 e. The first kappa shape index (κ1) is 16.9. The molecule has 0 saturated carbocycles. The quantitative estimate of drug-likeness (QED) is 0.884. The van der Waals surface area contributed by atoms with Crippen LogP contribution in [0.1, 0.15) is 27.3 Å². The van der Waals surface area contributed by atoms with E-state index in [0.717, 1.165) is 12.1 Å². The lowest BCUT2D eigenvalue weighted by atomic mass is 10.1. The summed E-state index contributed by atoms with van der Waals surface area (Å²) in [4.78, 5) is 24.7.